The molecular formula is C20H20N4O. The summed E-state index contributed by atoms with van der Waals surface area (Å²) < 4.78 is 2.02. The lowest BCUT2D eigenvalue weighted by molar-refractivity contribution is 0.0269. The van der Waals surface area contributed by atoms with E-state index in [4.69, 9.17) is 0 Å². The van der Waals surface area contributed by atoms with E-state index in [0.717, 1.165) is 36.6 Å². The van der Waals surface area contributed by atoms with Crippen molar-refractivity contribution in [2.75, 3.05) is 6.54 Å². The van der Waals surface area contributed by atoms with Gasteiger partial charge in [-0.25, -0.2) is 9.97 Å². The van der Waals surface area contributed by atoms with Gasteiger partial charge in [-0.3, -0.25) is 4.79 Å². The minimum atomic E-state index is 0.107. The van der Waals surface area contributed by atoms with Crippen LogP contribution in [0.4, 0.5) is 0 Å². The molecule has 0 unspecified atom stereocenters. The Morgan fingerprint density at radius 1 is 1.16 bits per heavy atom. The van der Waals surface area contributed by atoms with Gasteiger partial charge in [-0.15, -0.1) is 0 Å². The molecule has 0 bridgehead atoms. The number of hydrogen-bond donors (Lipinski definition) is 0. The summed E-state index contributed by atoms with van der Waals surface area (Å²) in [5.74, 6) is 0.834. The molecule has 3 aromatic rings. The molecule has 1 aliphatic carbocycles. The molecule has 5 nitrogen and oxygen atoms in total. The first-order valence-corrected chi connectivity index (χ1v) is 8.95. The molecule has 0 radical (unpaired) electrons. The maximum atomic E-state index is 12.8. The van der Waals surface area contributed by atoms with E-state index in [2.05, 4.69) is 22.1 Å². The molecule has 0 N–H and O–H groups in total. The zero-order valence-electron chi connectivity index (χ0n) is 14.0. The number of aromatic nitrogens is 3. The maximum absolute atomic E-state index is 12.8. The van der Waals surface area contributed by atoms with E-state index >= 15 is 0 Å². The highest BCUT2D eigenvalue weighted by Crippen LogP contribution is 2.39. The molecule has 0 spiro atoms. The van der Waals surface area contributed by atoms with Gasteiger partial charge in [0.25, 0.3) is 5.91 Å². The van der Waals surface area contributed by atoms with Crippen molar-refractivity contribution in [1.82, 2.24) is 19.4 Å². The normalized spacial score (nSPS) is 22.0. The molecule has 2 aliphatic rings. The molecule has 2 aromatic heterocycles. The molecule has 1 aliphatic heterocycles. The molecule has 1 saturated heterocycles. The molecule has 5 rings (SSSR count). The van der Waals surface area contributed by atoms with Crippen molar-refractivity contribution in [2.45, 2.75) is 31.8 Å². The van der Waals surface area contributed by atoms with Gasteiger partial charge in [0.1, 0.15) is 5.52 Å². The number of carbonyl (C=O) groups is 1. The Bertz CT molecular complexity index is 933. The van der Waals surface area contributed by atoms with E-state index in [-0.39, 0.29) is 5.91 Å². The van der Waals surface area contributed by atoms with Crippen LogP contribution in [0.1, 0.15) is 35.2 Å². The van der Waals surface area contributed by atoms with Gasteiger partial charge in [-0.05, 0) is 30.4 Å². The van der Waals surface area contributed by atoms with Crippen molar-refractivity contribution in [2.24, 2.45) is 5.92 Å². The monoisotopic (exact) mass is 332 g/mol. The van der Waals surface area contributed by atoms with Crippen LogP contribution in [0.3, 0.4) is 0 Å². The Balaban J connectivity index is 1.40. The molecule has 3 heterocycles. The third kappa shape index (κ3) is 2.42. The summed E-state index contributed by atoms with van der Waals surface area (Å²) in [5.41, 5.74) is 3.47. The van der Waals surface area contributed by atoms with Gasteiger partial charge >= 0.3 is 0 Å². The average molecular weight is 332 g/mol. The lowest BCUT2D eigenvalue weighted by Gasteiger charge is -2.44. The predicted molar refractivity (Wildman–Crippen MR) is 95.2 cm³/mol. The van der Waals surface area contributed by atoms with E-state index in [1.165, 1.54) is 18.4 Å². The van der Waals surface area contributed by atoms with E-state index in [0.29, 0.717) is 11.6 Å². The van der Waals surface area contributed by atoms with Crippen LogP contribution in [-0.2, 0) is 6.54 Å². The fraction of sp³-hybridized carbons (Fsp3) is 0.350. The summed E-state index contributed by atoms with van der Waals surface area (Å²) in [6.45, 7) is 1.64. The molecule has 1 aromatic carbocycles. The Hall–Kier alpha value is -2.69. The van der Waals surface area contributed by atoms with E-state index < -0.39 is 0 Å². The number of benzene rings is 1. The highest BCUT2D eigenvalue weighted by molar-refractivity contribution is 5.97. The summed E-state index contributed by atoms with van der Waals surface area (Å²) in [7, 11) is 0. The van der Waals surface area contributed by atoms with Crippen LogP contribution in [0.25, 0.3) is 11.2 Å². The number of hydrogen-bond acceptors (Lipinski definition) is 3. The van der Waals surface area contributed by atoms with Crippen LogP contribution in [0, 0.1) is 5.92 Å². The molecule has 126 valence electrons. The highest BCUT2D eigenvalue weighted by atomic mass is 16.2. The first kappa shape index (κ1) is 14.6. The number of nitrogens with zero attached hydrogens (tertiary/aromatic N) is 4. The van der Waals surface area contributed by atoms with Crippen LogP contribution >= 0.6 is 0 Å². The number of fused-ring (bicyclic) bond motifs is 2. The predicted octanol–water partition coefficient (Wildman–Crippen LogP) is 3.10. The fourth-order valence-electron chi connectivity index (χ4n) is 4.25. The van der Waals surface area contributed by atoms with Gasteiger partial charge < -0.3 is 9.47 Å². The van der Waals surface area contributed by atoms with E-state index in [1.54, 1.807) is 12.5 Å². The average Bonchev–Trinajstić information content (AvgIpc) is 3.19. The van der Waals surface area contributed by atoms with Crippen LogP contribution in [-0.4, -0.2) is 37.9 Å². The van der Waals surface area contributed by atoms with E-state index in [1.807, 2.05) is 33.7 Å². The maximum Gasteiger partial charge on any atom is 0.255 e. The van der Waals surface area contributed by atoms with Crippen molar-refractivity contribution in [3.05, 3.63) is 60.0 Å². The molecule has 1 amide bonds. The first-order chi connectivity index (χ1) is 12.3. The standard InChI is InChI=1S/C20H20N4O/c25-20(24-12-15-7-4-8-18(15)24)16-9-17-19(21-10-16)23(13-22-17)11-14-5-2-1-3-6-14/h1-3,5-6,9-10,13,15,18H,4,7-8,11-12H2/t15-,18-/m0/s1. The lowest BCUT2D eigenvalue weighted by atomic mass is 9.91. The third-order valence-electron chi connectivity index (χ3n) is 5.61. The molecule has 5 heteroatoms. The second-order valence-corrected chi connectivity index (χ2v) is 7.14. The molecule has 2 fully saturated rings. The van der Waals surface area contributed by atoms with Gasteiger partial charge in [-0.1, -0.05) is 36.8 Å². The van der Waals surface area contributed by atoms with Crippen LogP contribution < -0.4 is 0 Å². The summed E-state index contributed by atoms with van der Waals surface area (Å²) in [6.07, 6.45) is 7.18. The SMILES string of the molecule is O=C(c1cnc2c(c1)ncn2Cc1ccccc1)N1C[C@@H]2CCC[C@@H]21. The Kier molecular flexibility index (Phi) is 3.33. The minimum Gasteiger partial charge on any atom is -0.335 e. The van der Waals surface area contributed by atoms with Crippen molar-refractivity contribution in [3.8, 4) is 0 Å². The smallest absolute Gasteiger partial charge is 0.255 e. The lowest BCUT2D eigenvalue weighted by Crippen LogP contribution is -2.55. The Labute approximate surface area is 146 Å². The third-order valence-corrected chi connectivity index (χ3v) is 5.61. The number of amides is 1. The van der Waals surface area contributed by atoms with Crippen molar-refractivity contribution >= 4 is 17.1 Å². The van der Waals surface area contributed by atoms with Crippen molar-refractivity contribution < 1.29 is 4.79 Å². The topological polar surface area (TPSA) is 51.0 Å². The van der Waals surface area contributed by atoms with Crippen LogP contribution in [0.2, 0.25) is 0 Å². The van der Waals surface area contributed by atoms with Gasteiger partial charge in [0, 0.05) is 18.8 Å². The summed E-state index contributed by atoms with van der Waals surface area (Å²) in [5, 5.41) is 0. The van der Waals surface area contributed by atoms with Gasteiger partial charge in [0.05, 0.1) is 18.4 Å². The molecule has 25 heavy (non-hydrogen) atoms. The highest BCUT2D eigenvalue weighted by Gasteiger charge is 2.44. The van der Waals surface area contributed by atoms with Gasteiger partial charge in [0.2, 0.25) is 0 Å². The minimum absolute atomic E-state index is 0.107. The summed E-state index contributed by atoms with van der Waals surface area (Å²) >= 11 is 0. The van der Waals surface area contributed by atoms with Crippen molar-refractivity contribution in [3.63, 3.8) is 0 Å². The largest absolute Gasteiger partial charge is 0.335 e. The van der Waals surface area contributed by atoms with E-state index in [9.17, 15) is 4.79 Å². The van der Waals surface area contributed by atoms with Crippen LogP contribution in [0.5, 0.6) is 0 Å². The van der Waals surface area contributed by atoms with Gasteiger partial charge in [-0.2, -0.15) is 0 Å². The fourth-order valence-corrected chi connectivity index (χ4v) is 4.25. The number of rotatable bonds is 3. The zero-order chi connectivity index (χ0) is 16.8. The Morgan fingerprint density at radius 2 is 2.04 bits per heavy atom. The quantitative estimate of drug-likeness (QED) is 0.740. The summed E-state index contributed by atoms with van der Waals surface area (Å²) in [4.78, 5) is 23.8. The Morgan fingerprint density at radius 3 is 2.88 bits per heavy atom. The molecule has 2 atom stereocenters. The zero-order valence-corrected chi connectivity index (χ0v) is 14.0. The van der Waals surface area contributed by atoms with Gasteiger partial charge in [0.15, 0.2) is 5.65 Å². The number of carbonyl (C=O) groups excluding carboxylic acids is 1. The molecular weight excluding hydrogens is 312 g/mol. The number of pyridine rings is 1. The summed E-state index contributed by atoms with van der Waals surface area (Å²) in [6, 6.07) is 12.6. The molecule has 1 saturated carbocycles. The first-order valence-electron chi connectivity index (χ1n) is 8.95. The number of imidazole rings is 1. The van der Waals surface area contributed by atoms with Crippen molar-refractivity contribution in [1.29, 1.82) is 0 Å². The van der Waals surface area contributed by atoms with Crippen LogP contribution in [0.15, 0.2) is 48.9 Å². The number of likely N-dealkylation sites (tertiary alicyclic amines) is 1. The second-order valence-electron chi connectivity index (χ2n) is 7.14. The second kappa shape index (κ2) is 5.69.